The number of imidazole rings is 1. The molecule has 120 valence electrons. The molecule has 0 unspecified atom stereocenters. The zero-order valence-corrected chi connectivity index (χ0v) is 11.6. The van der Waals surface area contributed by atoms with Gasteiger partial charge >= 0.3 is 6.18 Å². The lowest BCUT2D eigenvalue weighted by atomic mass is 10.2. The fourth-order valence-corrected chi connectivity index (χ4v) is 2.30. The zero-order valence-electron chi connectivity index (χ0n) is 11.6. The molecular weight excluding hydrogens is 314 g/mol. The highest BCUT2D eigenvalue weighted by atomic mass is 19.4. The Bertz CT molecular complexity index is 840. The van der Waals surface area contributed by atoms with Gasteiger partial charge in [0.25, 0.3) is 0 Å². The molecule has 2 N–H and O–H groups in total. The number of halogens is 4. The minimum absolute atomic E-state index is 0.0542. The first-order valence-electron chi connectivity index (χ1n) is 6.54. The molecule has 0 saturated carbocycles. The smallest absolute Gasteiger partial charge is 0.416 e. The lowest BCUT2D eigenvalue weighted by Crippen LogP contribution is -2.05. The molecule has 1 heterocycles. The van der Waals surface area contributed by atoms with E-state index in [4.69, 9.17) is 5.73 Å². The third-order valence-electron chi connectivity index (χ3n) is 3.32. The van der Waals surface area contributed by atoms with Crippen molar-refractivity contribution < 1.29 is 22.3 Å². The van der Waals surface area contributed by atoms with Crippen LogP contribution in [0.4, 0.5) is 23.5 Å². The van der Waals surface area contributed by atoms with E-state index in [1.165, 1.54) is 22.8 Å². The van der Waals surface area contributed by atoms with Gasteiger partial charge in [-0.15, -0.1) is 0 Å². The fourth-order valence-electron chi connectivity index (χ4n) is 2.30. The van der Waals surface area contributed by atoms with Crippen molar-refractivity contribution in [3.05, 3.63) is 48.0 Å². The van der Waals surface area contributed by atoms with Gasteiger partial charge in [0.15, 0.2) is 0 Å². The molecular formula is C15H11F4N3O. The molecule has 0 radical (unpaired) electrons. The minimum Gasteiger partial charge on any atom is -0.463 e. The molecule has 0 bridgehead atoms. The summed E-state index contributed by atoms with van der Waals surface area (Å²) in [5.74, 6) is 0.355. The van der Waals surface area contributed by atoms with Crippen LogP contribution in [0.5, 0.6) is 5.75 Å². The van der Waals surface area contributed by atoms with Crippen molar-refractivity contribution in [2.45, 2.75) is 6.18 Å². The Kier molecular flexibility index (Phi) is 3.59. The van der Waals surface area contributed by atoms with Gasteiger partial charge in [-0.1, -0.05) is 0 Å². The molecule has 0 amide bonds. The normalized spacial score (nSPS) is 11.8. The van der Waals surface area contributed by atoms with Gasteiger partial charge in [0, 0.05) is 5.69 Å². The molecule has 0 fully saturated rings. The molecule has 23 heavy (non-hydrogen) atoms. The number of fused-ring (bicyclic) bond motifs is 1. The lowest BCUT2D eigenvalue weighted by Gasteiger charge is -2.10. The average Bonchev–Trinajstić information content (AvgIpc) is 2.82. The molecule has 2 aromatic carbocycles. The van der Waals surface area contributed by atoms with Crippen LogP contribution in [0.2, 0.25) is 0 Å². The summed E-state index contributed by atoms with van der Waals surface area (Å²) in [5, 5.41) is 0. The summed E-state index contributed by atoms with van der Waals surface area (Å²) in [6.07, 6.45) is -4.46. The molecule has 1 aromatic heterocycles. The third kappa shape index (κ3) is 2.79. The Labute approximate surface area is 128 Å². The van der Waals surface area contributed by atoms with Crippen molar-refractivity contribution in [3.8, 4) is 11.4 Å². The van der Waals surface area contributed by atoms with E-state index in [9.17, 15) is 17.6 Å². The van der Waals surface area contributed by atoms with E-state index in [0.29, 0.717) is 17.0 Å². The molecule has 3 aromatic rings. The molecule has 4 nitrogen and oxygen atoms in total. The standard InChI is InChI=1S/C15H11F4N3O/c16-8-23-11-4-2-10(3-5-11)22-13-7-9(15(17,18)19)1-6-12(13)21-14(22)20/h1-7H,8H2,(H2,20,21). The second-order valence-electron chi connectivity index (χ2n) is 4.75. The number of hydrogen-bond donors (Lipinski definition) is 1. The van der Waals surface area contributed by atoms with Crippen LogP contribution in [0.15, 0.2) is 42.5 Å². The lowest BCUT2D eigenvalue weighted by molar-refractivity contribution is -0.137. The Hall–Kier alpha value is -2.77. The van der Waals surface area contributed by atoms with Gasteiger partial charge < -0.3 is 10.5 Å². The summed E-state index contributed by atoms with van der Waals surface area (Å²) in [6, 6.07) is 9.32. The predicted octanol–water partition coefficient (Wildman–Crippen LogP) is 3.93. The highest BCUT2D eigenvalue weighted by Gasteiger charge is 2.31. The fraction of sp³-hybridized carbons (Fsp3) is 0.133. The van der Waals surface area contributed by atoms with E-state index in [2.05, 4.69) is 9.72 Å². The minimum atomic E-state index is -4.46. The number of nitrogen functional groups attached to an aromatic ring is 1. The molecule has 0 aliphatic carbocycles. The number of nitrogens with zero attached hydrogens (tertiary/aromatic N) is 2. The topological polar surface area (TPSA) is 53.1 Å². The predicted molar refractivity (Wildman–Crippen MR) is 77.1 cm³/mol. The number of hydrogen-bond acceptors (Lipinski definition) is 3. The Morgan fingerprint density at radius 2 is 1.78 bits per heavy atom. The summed E-state index contributed by atoms with van der Waals surface area (Å²) in [6.45, 7) is -0.968. The maximum Gasteiger partial charge on any atom is 0.416 e. The summed E-state index contributed by atoms with van der Waals surface area (Å²) < 4.78 is 56.8. The Morgan fingerprint density at radius 3 is 2.39 bits per heavy atom. The van der Waals surface area contributed by atoms with Crippen LogP contribution >= 0.6 is 0 Å². The molecule has 0 aliphatic rings. The monoisotopic (exact) mass is 325 g/mol. The second kappa shape index (κ2) is 5.45. The van der Waals surface area contributed by atoms with Crippen LogP contribution < -0.4 is 10.5 Å². The van der Waals surface area contributed by atoms with Gasteiger partial charge in [-0.05, 0) is 42.5 Å². The van der Waals surface area contributed by atoms with Gasteiger partial charge in [-0.3, -0.25) is 4.57 Å². The van der Waals surface area contributed by atoms with Crippen molar-refractivity contribution in [2.24, 2.45) is 0 Å². The molecule has 0 spiro atoms. The van der Waals surface area contributed by atoms with E-state index in [1.807, 2.05) is 0 Å². The molecule has 3 rings (SSSR count). The summed E-state index contributed by atoms with van der Waals surface area (Å²) in [4.78, 5) is 4.05. The van der Waals surface area contributed by atoms with Crippen LogP contribution in [0.1, 0.15) is 5.56 Å². The van der Waals surface area contributed by atoms with Gasteiger partial charge in [0.1, 0.15) is 5.75 Å². The van der Waals surface area contributed by atoms with Gasteiger partial charge in [-0.25, -0.2) is 9.37 Å². The van der Waals surface area contributed by atoms with E-state index >= 15 is 0 Å². The van der Waals surface area contributed by atoms with Crippen molar-refractivity contribution in [3.63, 3.8) is 0 Å². The van der Waals surface area contributed by atoms with Crippen molar-refractivity contribution in [1.82, 2.24) is 9.55 Å². The van der Waals surface area contributed by atoms with Crippen LogP contribution in [-0.2, 0) is 6.18 Å². The number of benzene rings is 2. The molecule has 0 atom stereocenters. The first-order valence-corrected chi connectivity index (χ1v) is 6.54. The van der Waals surface area contributed by atoms with Gasteiger partial charge in [-0.2, -0.15) is 13.2 Å². The number of anilines is 1. The molecule has 0 saturated heterocycles. The highest BCUT2D eigenvalue weighted by molar-refractivity contribution is 5.81. The van der Waals surface area contributed by atoms with Crippen molar-refractivity contribution in [2.75, 3.05) is 12.6 Å². The molecule has 8 heteroatoms. The summed E-state index contributed by atoms with van der Waals surface area (Å²) in [7, 11) is 0. The summed E-state index contributed by atoms with van der Waals surface area (Å²) in [5.41, 5.74) is 6.11. The second-order valence-corrected chi connectivity index (χ2v) is 4.75. The SMILES string of the molecule is Nc1nc2ccc(C(F)(F)F)cc2n1-c1ccc(OCF)cc1. The van der Waals surface area contributed by atoms with Crippen molar-refractivity contribution >= 4 is 17.0 Å². The number of rotatable bonds is 3. The largest absolute Gasteiger partial charge is 0.463 e. The van der Waals surface area contributed by atoms with Crippen LogP contribution in [0.3, 0.4) is 0 Å². The van der Waals surface area contributed by atoms with Crippen LogP contribution in [0.25, 0.3) is 16.7 Å². The number of nitrogens with two attached hydrogens (primary N) is 1. The van der Waals surface area contributed by atoms with E-state index in [0.717, 1.165) is 12.1 Å². The number of alkyl halides is 4. The zero-order chi connectivity index (χ0) is 16.6. The van der Waals surface area contributed by atoms with E-state index in [-0.39, 0.29) is 11.5 Å². The van der Waals surface area contributed by atoms with E-state index < -0.39 is 18.6 Å². The quantitative estimate of drug-likeness (QED) is 0.742. The average molecular weight is 325 g/mol. The Balaban J connectivity index is 2.14. The van der Waals surface area contributed by atoms with E-state index in [1.54, 1.807) is 12.1 Å². The van der Waals surface area contributed by atoms with Crippen LogP contribution in [0, 0.1) is 0 Å². The number of aromatic nitrogens is 2. The van der Waals surface area contributed by atoms with Crippen LogP contribution in [-0.4, -0.2) is 16.4 Å². The maximum atomic E-state index is 12.9. The molecule has 0 aliphatic heterocycles. The summed E-state index contributed by atoms with van der Waals surface area (Å²) >= 11 is 0. The Morgan fingerprint density at radius 1 is 1.09 bits per heavy atom. The highest BCUT2D eigenvalue weighted by Crippen LogP contribution is 2.33. The van der Waals surface area contributed by atoms with Gasteiger partial charge in [0.2, 0.25) is 12.8 Å². The van der Waals surface area contributed by atoms with Crippen molar-refractivity contribution in [1.29, 1.82) is 0 Å². The first-order chi connectivity index (χ1) is 10.9. The number of ether oxygens (including phenoxy) is 1. The van der Waals surface area contributed by atoms with Gasteiger partial charge in [0.05, 0.1) is 16.6 Å². The third-order valence-corrected chi connectivity index (χ3v) is 3.32. The maximum absolute atomic E-state index is 12.9. The first kappa shape index (κ1) is 15.1.